The maximum absolute atomic E-state index is 12.4. The zero-order chi connectivity index (χ0) is 18.2. The van der Waals surface area contributed by atoms with Crippen molar-refractivity contribution in [2.75, 3.05) is 27.1 Å². The first kappa shape index (κ1) is 18.9. The molecule has 0 saturated heterocycles. The molecule has 4 nitrogen and oxygen atoms in total. The summed E-state index contributed by atoms with van der Waals surface area (Å²) in [7, 11) is 4.71. The van der Waals surface area contributed by atoms with Crippen molar-refractivity contribution in [3.05, 3.63) is 53.6 Å². The number of methoxy groups -OCH3 is 3. The lowest BCUT2D eigenvalue weighted by atomic mass is 10.1. The van der Waals surface area contributed by atoms with Crippen molar-refractivity contribution in [1.82, 2.24) is 0 Å². The van der Waals surface area contributed by atoms with Crippen LogP contribution in [-0.2, 0) is 0 Å². The number of ketones is 1. The van der Waals surface area contributed by atoms with Crippen molar-refractivity contribution >= 4 is 23.6 Å². The maximum atomic E-state index is 12.4. The number of carbonyl (C=O) groups is 1. The smallest absolute Gasteiger partial charge is 0.185 e. The third-order valence-corrected chi connectivity index (χ3v) is 4.50. The molecule has 0 unspecified atom stereocenters. The summed E-state index contributed by atoms with van der Waals surface area (Å²) in [5.41, 5.74) is 1.33. The van der Waals surface area contributed by atoms with Gasteiger partial charge in [0.2, 0.25) is 0 Å². The summed E-state index contributed by atoms with van der Waals surface area (Å²) >= 11 is 1.75. The minimum atomic E-state index is -0.0760. The van der Waals surface area contributed by atoms with Crippen molar-refractivity contribution < 1.29 is 19.0 Å². The predicted molar refractivity (Wildman–Crippen MR) is 102 cm³/mol. The van der Waals surface area contributed by atoms with Gasteiger partial charge in [-0.3, -0.25) is 4.79 Å². The Kier molecular flexibility index (Phi) is 6.95. The van der Waals surface area contributed by atoms with E-state index in [4.69, 9.17) is 14.2 Å². The Labute approximate surface area is 152 Å². The molecule has 2 aromatic carbocycles. The maximum Gasteiger partial charge on any atom is 0.185 e. The van der Waals surface area contributed by atoms with Gasteiger partial charge in [0.25, 0.3) is 0 Å². The zero-order valence-corrected chi connectivity index (χ0v) is 15.7. The van der Waals surface area contributed by atoms with Crippen LogP contribution in [0.4, 0.5) is 0 Å². The van der Waals surface area contributed by atoms with Gasteiger partial charge in [-0.2, -0.15) is 0 Å². The molecule has 132 valence electrons. The van der Waals surface area contributed by atoms with E-state index >= 15 is 0 Å². The standard InChI is InChI=1S/C20H22O4S/c1-5-25-16-8-6-14(7-9-16)18(21)11-10-17-19(23-3)12-15(22-2)13-20(17)24-4/h6-13H,5H2,1-4H3. The minimum absolute atomic E-state index is 0.0760. The quantitative estimate of drug-likeness (QED) is 0.388. The predicted octanol–water partition coefficient (Wildman–Crippen LogP) is 4.72. The number of allylic oxidation sites excluding steroid dienone is 1. The van der Waals surface area contributed by atoms with E-state index in [1.54, 1.807) is 51.3 Å². The molecular weight excluding hydrogens is 336 g/mol. The van der Waals surface area contributed by atoms with Gasteiger partial charge in [0.1, 0.15) is 17.2 Å². The minimum Gasteiger partial charge on any atom is -0.496 e. The van der Waals surface area contributed by atoms with E-state index in [1.807, 2.05) is 24.3 Å². The van der Waals surface area contributed by atoms with E-state index in [9.17, 15) is 4.79 Å². The molecule has 0 aromatic heterocycles. The van der Waals surface area contributed by atoms with Crippen molar-refractivity contribution in [3.8, 4) is 17.2 Å². The summed E-state index contributed by atoms with van der Waals surface area (Å²) in [4.78, 5) is 13.6. The molecule has 0 aliphatic rings. The van der Waals surface area contributed by atoms with Gasteiger partial charge in [-0.15, -0.1) is 11.8 Å². The largest absolute Gasteiger partial charge is 0.496 e. The van der Waals surface area contributed by atoms with E-state index in [-0.39, 0.29) is 5.78 Å². The molecule has 0 bridgehead atoms. The summed E-state index contributed by atoms with van der Waals surface area (Å²) in [6, 6.07) is 11.1. The second-order valence-electron chi connectivity index (χ2n) is 5.10. The van der Waals surface area contributed by atoms with Crippen LogP contribution < -0.4 is 14.2 Å². The lowest BCUT2D eigenvalue weighted by molar-refractivity contribution is 0.104. The van der Waals surface area contributed by atoms with E-state index in [0.29, 0.717) is 28.4 Å². The van der Waals surface area contributed by atoms with Gasteiger partial charge < -0.3 is 14.2 Å². The Morgan fingerprint density at radius 1 is 1.00 bits per heavy atom. The van der Waals surface area contributed by atoms with Crippen molar-refractivity contribution in [3.63, 3.8) is 0 Å². The van der Waals surface area contributed by atoms with Gasteiger partial charge in [-0.05, 0) is 42.2 Å². The van der Waals surface area contributed by atoms with Gasteiger partial charge in [-0.25, -0.2) is 0 Å². The molecule has 0 fully saturated rings. The second-order valence-corrected chi connectivity index (χ2v) is 6.44. The van der Waals surface area contributed by atoms with Crippen molar-refractivity contribution in [2.24, 2.45) is 0 Å². The average molecular weight is 358 g/mol. The second kappa shape index (κ2) is 9.18. The first-order valence-corrected chi connectivity index (χ1v) is 8.86. The third-order valence-electron chi connectivity index (χ3n) is 3.60. The molecule has 0 saturated carbocycles. The Balaban J connectivity index is 2.27. The van der Waals surface area contributed by atoms with E-state index in [0.717, 1.165) is 10.6 Å². The van der Waals surface area contributed by atoms with Crippen molar-refractivity contribution in [2.45, 2.75) is 11.8 Å². The van der Waals surface area contributed by atoms with Crippen LogP contribution in [0.25, 0.3) is 6.08 Å². The third kappa shape index (κ3) is 4.79. The van der Waals surface area contributed by atoms with Crippen LogP contribution in [0.15, 0.2) is 47.4 Å². The molecule has 0 N–H and O–H groups in total. The normalized spacial score (nSPS) is 10.7. The number of carbonyl (C=O) groups excluding carboxylic acids is 1. The average Bonchev–Trinajstić information content (AvgIpc) is 2.66. The topological polar surface area (TPSA) is 44.8 Å². The molecule has 0 aliphatic carbocycles. The first-order chi connectivity index (χ1) is 12.1. The molecule has 0 spiro atoms. The van der Waals surface area contributed by atoms with Gasteiger partial charge >= 0.3 is 0 Å². The molecule has 0 heterocycles. The van der Waals surface area contributed by atoms with Gasteiger partial charge in [-0.1, -0.05) is 6.92 Å². The van der Waals surface area contributed by atoms with Crippen LogP contribution >= 0.6 is 11.8 Å². The molecular formula is C20H22O4S. The number of hydrogen-bond donors (Lipinski definition) is 0. The molecule has 0 amide bonds. The number of thioether (sulfide) groups is 1. The molecule has 2 aromatic rings. The molecule has 0 atom stereocenters. The highest BCUT2D eigenvalue weighted by molar-refractivity contribution is 7.99. The van der Waals surface area contributed by atoms with Gasteiger partial charge in [0.05, 0.1) is 26.9 Å². The fourth-order valence-electron chi connectivity index (χ4n) is 2.33. The summed E-state index contributed by atoms with van der Waals surface area (Å²) in [5, 5.41) is 0. The van der Waals surface area contributed by atoms with Crippen LogP contribution in [-0.4, -0.2) is 32.9 Å². The molecule has 0 aliphatic heterocycles. The summed E-state index contributed by atoms with van der Waals surface area (Å²) in [6.45, 7) is 2.10. The number of hydrogen-bond acceptors (Lipinski definition) is 5. The fraction of sp³-hybridized carbons (Fsp3) is 0.250. The summed E-state index contributed by atoms with van der Waals surface area (Å²) in [6.07, 6.45) is 3.23. The highest BCUT2D eigenvalue weighted by Crippen LogP contribution is 2.35. The van der Waals surface area contributed by atoms with Crippen molar-refractivity contribution in [1.29, 1.82) is 0 Å². The number of rotatable bonds is 8. The highest BCUT2D eigenvalue weighted by Gasteiger charge is 2.11. The van der Waals surface area contributed by atoms with Crippen LogP contribution in [0, 0.1) is 0 Å². The fourth-order valence-corrected chi connectivity index (χ4v) is 3.00. The lowest BCUT2D eigenvalue weighted by Gasteiger charge is -2.12. The van der Waals surface area contributed by atoms with Crippen LogP contribution in [0.3, 0.4) is 0 Å². The lowest BCUT2D eigenvalue weighted by Crippen LogP contribution is -1.97. The van der Waals surface area contributed by atoms with Crippen LogP contribution in [0.1, 0.15) is 22.8 Å². The number of ether oxygens (including phenoxy) is 3. The Hall–Kier alpha value is -2.40. The summed E-state index contributed by atoms with van der Waals surface area (Å²) < 4.78 is 16.0. The Bertz CT molecular complexity index is 726. The Morgan fingerprint density at radius 3 is 2.08 bits per heavy atom. The SMILES string of the molecule is CCSc1ccc(C(=O)C=Cc2c(OC)cc(OC)cc2OC)cc1. The molecule has 0 radical (unpaired) electrons. The van der Waals surface area contributed by atoms with Gasteiger partial charge in [0.15, 0.2) is 5.78 Å². The highest BCUT2D eigenvalue weighted by atomic mass is 32.2. The molecule has 25 heavy (non-hydrogen) atoms. The molecule has 5 heteroatoms. The van der Waals surface area contributed by atoms with E-state index < -0.39 is 0 Å². The Morgan fingerprint density at radius 2 is 1.60 bits per heavy atom. The van der Waals surface area contributed by atoms with E-state index in [1.165, 1.54) is 6.08 Å². The molecule has 2 rings (SSSR count). The van der Waals surface area contributed by atoms with Crippen LogP contribution in [0.5, 0.6) is 17.2 Å². The number of benzene rings is 2. The van der Waals surface area contributed by atoms with Crippen LogP contribution in [0.2, 0.25) is 0 Å². The van der Waals surface area contributed by atoms with E-state index in [2.05, 4.69) is 6.92 Å². The van der Waals surface area contributed by atoms with Gasteiger partial charge in [0, 0.05) is 22.6 Å². The zero-order valence-electron chi connectivity index (χ0n) is 14.9. The summed E-state index contributed by atoms with van der Waals surface area (Å²) in [5.74, 6) is 2.71. The monoisotopic (exact) mass is 358 g/mol. The first-order valence-electron chi connectivity index (χ1n) is 7.88.